The number of benzene rings is 1. The molecule has 27 heavy (non-hydrogen) atoms. The molecule has 142 valence electrons. The fourth-order valence-electron chi connectivity index (χ4n) is 3.51. The van der Waals surface area contributed by atoms with Crippen LogP contribution in [0, 0.1) is 13.8 Å². The van der Waals surface area contributed by atoms with Crippen LogP contribution in [0.25, 0.3) is 22.5 Å². The van der Waals surface area contributed by atoms with E-state index in [1.54, 1.807) is 11.9 Å². The Bertz CT molecular complexity index is 969. The first-order chi connectivity index (χ1) is 13.0. The lowest BCUT2D eigenvalue weighted by Gasteiger charge is -2.19. The van der Waals surface area contributed by atoms with E-state index in [0.717, 1.165) is 35.0 Å². The maximum atomic E-state index is 12.3. The number of hydrogen-bond donors (Lipinski definition) is 1. The zero-order chi connectivity index (χ0) is 19.0. The van der Waals surface area contributed by atoms with Crippen LogP contribution < -0.4 is 0 Å². The minimum absolute atomic E-state index is 0.0260. The van der Waals surface area contributed by atoms with Crippen LogP contribution in [0.2, 0.25) is 0 Å². The van der Waals surface area contributed by atoms with Gasteiger partial charge in [-0.3, -0.25) is 4.79 Å². The molecule has 7 nitrogen and oxygen atoms in total. The van der Waals surface area contributed by atoms with Gasteiger partial charge in [0.25, 0.3) is 11.8 Å². The van der Waals surface area contributed by atoms with E-state index in [-0.39, 0.29) is 12.0 Å². The topological polar surface area (TPSA) is 84.2 Å². The summed E-state index contributed by atoms with van der Waals surface area (Å²) in [5, 5.41) is 5.23. The Balaban J connectivity index is 1.46. The first-order valence-corrected chi connectivity index (χ1v) is 9.31. The van der Waals surface area contributed by atoms with Crippen molar-refractivity contribution in [2.45, 2.75) is 39.2 Å². The van der Waals surface area contributed by atoms with E-state index in [0.29, 0.717) is 31.3 Å². The summed E-state index contributed by atoms with van der Waals surface area (Å²) in [6.07, 6.45) is 1.99. The fraction of sp³-hybridized carbons (Fsp3) is 0.450. The molecule has 2 aromatic heterocycles. The van der Waals surface area contributed by atoms with Gasteiger partial charge in [-0.15, -0.1) is 0 Å². The van der Waals surface area contributed by atoms with E-state index < -0.39 is 0 Å². The number of nitrogens with one attached hydrogen (secondary N) is 1. The zero-order valence-corrected chi connectivity index (χ0v) is 15.9. The van der Waals surface area contributed by atoms with Gasteiger partial charge in [-0.1, -0.05) is 16.8 Å². The van der Waals surface area contributed by atoms with Crippen molar-refractivity contribution in [3.63, 3.8) is 0 Å². The second-order valence-electron chi connectivity index (χ2n) is 7.20. The maximum absolute atomic E-state index is 12.3. The van der Waals surface area contributed by atoms with Crippen molar-refractivity contribution < 1.29 is 14.1 Å². The molecule has 0 radical (unpaired) electrons. The maximum Gasteiger partial charge on any atom is 0.274 e. The van der Waals surface area contributed by atoms with Crippen molar-refractivity contribution in [2.24, 2.45) is 0 Å². The minimum atomic E-state index is -0.298. The summed E-state index contributed by atoms with van der Waals surface area (Å²) in [5.74, 6) is 1.09. The number of carbonyl (C=O) groups is 1. The van der Waals surface area contributed by atoms with Gasteiger partial charge in [0.2, 0.25) is 0 Å². The van der Waals surface area contributed by atoms with Crippen LogP contribution in [0.1, 0.15) is 29.8 Å². The Labute approximate surface area is 157 Å². The molecule has 0 aliphatic carbocycles. The number of likely N-dealkylation sites (N-methyl/N-ethyl adjacent to an activating group) is 1. The quantitative estimate of drug-likeness (QED) is 0.748. The monoisotopic (exact) mass is 368 g/mol. The Morgan fingerprint density at radius 2 is 2.22 bits per heavy atom. The van der Waals surface area contributed by atoms with E-state index in [9.17, 15) is 4.79 Å². The normalized spacial score (nSPS) is 16.9. The number of amides is 1. The molecule has 0 saturated carbocycles. The smallest absolute Gasteiger partial charge is 0.274 e. The number of hydrogen-bond acceptors (Lipinski definition) is 5. The lowest BCUT2D eigenvalue weighted by atomic mass is 10.1. The first-order valence-electron chi connectivity index (χ1n) is 9.31. The lowest BCUT2D eigenvalue weighted by molar-refractivity contribution is -0.139. The highest BCUT2D eigenvalue weighted by atomic mass is 16.5. The number of ether oxygens (including phenoxy) is 1. The van der Waals surface area contributed by atoms with Crippen molar-refractivity contribution in [3.05, 3.63) is 35.2 Å². The van der Waals surface area contributed by atoms with Gasteiger partial charge in [0.1, 0.15) is 11.8 Å². The van der Waals surface area contributed by atoms with E-state index >= 15 is 0 Å². The van der Waals surface area contributed by atoms with Crippen molar-refractivity contribution in [1.82, 2.24) is 20.0 Å². The van der Waals surface area contributed by atoms with Gasteiger partial charge >= 0.3 is 0 Å². The van der Waals surface area contributed by atoms with Crippen molar-refractivity contribution in [1.29, 1.82) is 0 Å². The van der Waals surface area contributed by atoms with Gasteiger partial charge in [-0.2, -0.15) is 4.98 Å². The third kappa shape index (κ3) is 3.47. The van der Waals surface area contributed by atoms with Gasteiger partial charge in [0, 0.05) is 37.5 Å². The third-order valence-electron chi connectivity index (χ3n) is 5.15. The van der Waals surface area contributed by atoms with Crippen molar-refractivity contribution in [2.75, 3.05) is 20.2 Å². The summed E-state index contributed by atoms with van der Waals surface area (Å²) in [6.45, 7) is 5.32. The van der Waals surface area contributed by atoms with E-state index in [4.69, 9.17) is 9.26 Å². The summed E-state index contributed by atoms with van der Waals surface area (Å²) in [6, 6.07) is 6.28. The lowest BCUT2D eigenvalue weighted by Crippen LogP contribution is -2.37. The molecule has 1 aliphatic heterocycles. The van der Waals surface area contributed by atoms with E-state index in [2.05, 4.69) is 40.2 Å². The predicted molar refractivity (Wildman–Crippen MR) is 101 cm³/mol. The third-order valence-corrected chi connectivity index (χ3v) is 5.15. The summed E-state index contributed by atoms with van der Waals surface area (Å²) in [5.41, 5.74) is 4.20. The average Bonchev–Trinajstić information content (AvgIpc) is 3.40. The second-order valence-corrected chi connectivity index (χ2v) is 7.20. The molecule has 1 aromatic carbocycles. The molecule has 1 atom stereocenters. The van der Waals surface area contributed by atoms with Crippen LogP contribution in [0.5, 0.6) is 0 Å². The molecular formula is C20H24N4O3. The van der Waals surface area contributed by atoms with Crippen LogP contribution in [-0.2, 0) is 16.0 Å². The number of aromatic nitrogens is 3. The van der Waals surface area contributed by atoms with Crippen LogP contribution >= 0.6 is 0 Å². The summed E-state index contributed by atoms with van der Waals surface area (Å²) in [4.78, 5) is 21.9. The van der Waals surface area contributed by atoms with Crippen molar-refractivity contribution in [3.8, 4) is 11.6 Å². The van der Waals surface area contributed by atoms with Crippen LogP contribution in [0.3, 0.4) is 0 Å². The standard InChI is InChI=1S/C20H24N4O3/c1-12-6-7-15-14(11-12)13(2)18(21-15)19-22-17(23-27-19)8-9-24(3)20(25)16-5-4-10-26-16/h6-7,11,16,21H,4-5,8-10H2,1-3H3. The van der Waals surface area contributed by atoms with Gasteiger partial charge in [-0.05, 0) is 44.4 Å². The number of H-pyrrole nitrogens is 1. The number of fused-ring (bicyclic) bond motifs is 1. The highest BCUT2D eigenvalue weighted by Gasteiger charge is 2.26. The molecule has 3 heterocycles. The van der Waals surface area contributed by atoms with E-state index in [1.807, 2.05) is 6.92 Å². The Morgan fingerprint density at radius 1 is 1.37 bits per heavy atom. The molecule has 1 unspecified atom stereocenters. The Kier molecular flexibility index (Phi) is 4.70. The molecule has 1 aliphatic rings. The average molecular weight is 368 g/mol. The number of carbonyl (C=O) groups excluding carboxylic acids is 1. The number of aryl methyl sites for hydroxylation is 2. The largest absolute Gasteiger partial charge is 0.368 e. The number of nitrogens with zero attached hydrogens (tertiary/aromatic N) is 3. The van der Waals surface area contributed by atoms with Crippen LogP contribution in [0.4, 0.5) is 0 Å². The molecule has 1 fully saturated rings. The summed E-state index contributed by atoms with van der Waals surface area (Å²) in [7, 11) is 1.79. The fourth-order valence-corrected chi connectivity index (χ4v) is 3.51. The highest BCUT2D eigenvalue weighted by Crippen LogP contribution is 2.29. The Hall–Kier alpha value is -2.67. The summed E-state index contributed by atoms with van der Waals surface area (Å²) >= 11 is 0. The SMILES string of the molecule is Cc1ccc2[nH]c(-c3nc(CCN(C)C(=O)C4CCCO4)no3)c(C)c2c1. The Morgan fingerprint density at radius 3 is 3.00 bits per heavy atom. The molecule has 0 spiro atoms. The van der Waals surface area contributed by atoms with Gasteiger partial charge in [0.15, 0.2) is 5.82 Å². The molecule has 7 heteroatoms. The minimum Gasteiger partial charge on any atom is -0.368 e. The molecule has 1 N–H and O–H groups in total. The number of aromatic amines is 1. The van der Waals surface area contributed by atoms with Gasteiger partial charge in [0.05, 0.1) is 0 Å². The molecule has 4 rings (SSSR count). The highest BCUT2D eigenvalue weighted by molar-refractivity contribution is 5.89. The van der Waals surface area contributed by atoms with Gasteiger partial charge in [-0.25, -0.2) is 0 Å². The number of rotatable bonds is 5. The molecule has 3 aromatic rings. The predicted octanol–water partition coefficient (Wildman–Crippen LogP) is 3.01. The zero-order valence-electron chi connectivity index (χ0n) is 15.9. The summed E-state index contributed by atoms with van der Waals surface area (Å²) < 4.78 is 10.9. The first kappa shape index (κ1) is 17.7. The van der Waals surface area contributed by atoms with Crippen molar-refractivity contribution >= 4 is 16.8 Å². The molecular weight excluding hydrogens is 344 g/mol. The molecule has 0 bridgehead atoms. The molecule has 1 saturated heterocycles. The molecule has 1 amide bonds. The van der Waals surface area contributed by atoms with Gasteiger partial charge < -0.3 is 19.1 Å². The van der Waals surface area contributed by atoms with Crippen LogP contribution in [0.15, 0.2) is 22.7 Å². The van der Waals surface area contributed by atoms with E-state index in [1.165, 1.54) is 5.56 Å². The second kappa shape index (κ2) is 7.15. The van der Waals surface area contributed by atoms with Crippen LogP contribution in [-0.4, -0.2) is 52.2 Å².